The van der Waals surface area contributed by atoms with Gasteiger partial charge in [0.1, 0.15) is 0 Å². The van der Waals surface area contributed by atoms with Gasteiger partial charge in [-0.3, -0.25) is 0 Å². The van der Waals surface area contributed by atoms with Crippen LogP contribution in [0.5, 0.6) is 0 Å². The van der Waals surface area contributed by atoms with Crippen molar-refractivity contribution in [3.63, 3.8) is 0 Å². The van der Waals surface area contributed by atoms with Gasteiger partial charge in [0.05, 0.1) is 0 Å². The molecule has 0 bridgehead atoms. The van der Waals surface area contributed by atoms with Crippen LogP contribution >= 0.6 is 0 Å². The molecule has 0 saturated heterocycles. The molecule has 0 saturated carbocycles. The molecule has 2 aromatic rings. The van der Waals surface area contributed by atoms with E-state index in [-0.39, 0.29) is 0 Å². The minimum atomic E-state index is 0.468. The summed E-state index contributed by atoms with van der Waals surface area (Å²) >= 11 is 0. The van der Waals surface area contributed by atoms with Crippen molar-refractivity contribution < 1.29 is 0 Å². The molecule has 1 unspecified atom stereocenters. The quantitative estimate of drug-likeness (QED) is 0.644. The van der Waals surface area contributed by atoms with Gasteiger partial charge in [0.25, 0.3) is 0 Å². The first-order valence-electron chi connectivity index (χ1n) is 6.98. The molecule has 0 heterocycles. The van der Waals surface area contributed by atoms with Crippen LogP contribution in [-0.2, 0) is 0 Å². The van der Waals surface area contributed by atoms with Gasteiger partial charge in [0.2, 0.25) is 0 Å². The van der Waals surface area contributed by atoms with E-state index in [0.29, 0.717) is 5.92 Å². The van der Waals surface area contributed by atoms with E-state index in [1.54, 1.807) is 0 Å². The lowest BCUT2D eigenvalue weighted by molar-refractivity contribution is 1.01. The Labute approximate surface area is 113 Å². The number of hydrogen-bond acceptors (Lipinski definition) is 0. The van der Waals surface area contributed by atoms with Crippen molar-refractivity contribution in [3.8, 4) is 0 Å². The molecule has 0 aromatic heterocycles. The Bertz CT molecular complexity index is 757. The van der Waals surface area contributed by atoms with Crippen LogP contribution in [-0.4, -0.2) is 0 Å². The smallest absolute Gasteiger partial charge is 0.0279 e. The van der Waals surface area contributed by atoms with Gasteiger partial charge in [-0.25, -0.2) is 0 Å². The Morgan fingerprint density at radius 1 is 1.00 bits per heavy atom. The van der Waals surface area contributed by atoms with Crippen LogP contribution in [0.15, 0.2) is 65.8 Å². The van der Waals surface area contributed by atoms with E-state index in [1.165, 1.54) is 33.0 Å². The highest BCUT2D eigenvalue weighted by molar-refractivity contribution is 5.89. The van der Waals surface area contributed by atoms with Gasteiger partial charge in [0, 0.05) is 5.92 Å². The zero-order chi connectivity index (χ0) is 12.8. The van der Waals surface area contributed by atoms with Crippen LogP contribution < -0.4 is 0 Å². The van der Waals surface area contributed by atoms with Crippen LogP contribution in [0.25, 0.3) is 16.8 Å². The van der Waals surface area contributed by atoms with Gasteiger partial charge in [-0.2, -0.15) is 0 Å². The zero-order valence-corrected chi connectivity index (χ0v) is 11.1. The van der Waals surface area contributed by atoms with Crippen molar-refractivity contribution in [2.45, 2.75) is 19.3 Å². The molecule has 0 fully saturated rings. The third-order valence-corrected chi connectivity index (χ3v) is 4.23. The predicted molar refractivity (Wildman–Crippen MR) is 82.2 cm³/mol. The predicted octanol–water partition coefficient (Wildman–Crippen LogP) is 5.23. The molecule has 0 amide bonds. The Morgan fingerprint density at radius 2 is 1.79 bits per heavy atom. The standard InChI is InChI=1S/C19H16/c1-2-13-7-8-18-16(9-13)11-17-10-14-5-3-4-6-15(14)12-19(17)18/h3-12,18H,2H2,1H3. The van der Waals surface area contributed by atoms with Gasteiger partial charge in [0.15, 0.2) is 0 Å². The average molecular weight is 244 g/mol. The number of rotatable bonds is 1. The minimum absolute atomic E-state index is 0.468. The van der Waals surface area contributed by atoms with Crippen molar-refractivity contribution in [1.29, 1.82) is 0 Å². The molecule has 0 N–H and O–H groups in total. The van der Waals surface area contributed by atoms with Crippen LogP contribution in [0, 0.1) is 0 Å². The second-order valence-electron chi connectivity index (χ2n) is 5.38. The highest BCUT2D eigenvalue weighted by Gasteiger charge is 2.24. The summed E-state index contributed by atoms with van der Waals surface area (Å²) in [7, 11) is 0. The van der Waals surface area contributed by atoms with E-state index in [4.69, 9.17) is 0 Å². The molecular formula is C19H16. The van der Waals surface area contributed by atoms with E-state index < -0.39 is 0 Å². The molecule has 0 radical (unpaired) electrons. The van der Waals surface area contributed by atoms with E-state index >= 15 is 0 Å². The van der Waals surface area contributed by atoms with Crippen molar-refractivity contribution in [2.75, 3.05) is 0 Å². The van der Waals surface area contributed by atoms with Crippen LogP contribution in [0.4, 0.5) is 0 Å². The van der Waals surface area contributed by atoms with Crippen LogP contribution in [0.1, 0.15) is 30.4 Å². The molecule has 4 rings (SSSR count). The fourth-order valence-electron chi connectivity index (χ4n) is 3.17. The van der Waals surface area contributed by atoms with E-state index in [2.05, 4.69) is 67.6 Å². The topological polar surface area (TPSA) is 0 Å². The largest absolute Gasteiger partial charge is 0.0724 e. The maximum atomic E-state index is 2.36. The van der Waals surface area contributed by atoms with E-state index in [0.717, 1.165) is 6.42 Å². The zero-order valence-electron chi connectivity index (χ0n) is 11.1. The average Bonchev–Trinajstić information content (AvgIpc) is 2.81. The van der Waals surface area contributed by atoms with Crippen molar-refractivity contribution in [1.82, 2.24) is 0 Å². The number of fused-ring (bicyclic) bond motifs is 4. The Morgan fingerprint density at radius 3 is 2.58 bits per heavy atom. The summed E-state index contributed by atoms with van der Waals surface area (Å²) < 4.78 is 0. The van der Waals surface area contributed by atoms with Crippen molar-refractivity contribution in [2.24, 2.45) is 0 Å². The summed E-state index contributed by atoms with van der Waals surface area (Å²) in [5.74, 6) is 0.468. The summed E-state index contributed by atoms with van der Waals surface area (Å²) in [6.07, 6.45) is 10.5. The number of allylic oxidation sites excluding steroid dienone is 5. The maximum absolute atomic E-state index is 2.36. The lowest BCUT2D eigenvalue weighted by Crippen LogP contribution is -1.98. The fraction of sp³-hybridized carbons (Fsp3) is 0.158. The molecular weight excluding hydrogens is 228 g/mol. The van der Waals surface area contributed by atoms with Crippen LogP contribution in [0.2, 0.25) is 0 Å². The first kappa shape index (κ1) is 10.8. The first-order valence-corrected chi connectivity index (χ1v) is 6.98. The van der Waals surface area contributed by atoms with Gasteiger partial charge >= 0.3 is 0 Å². The monoisotopic (exact) mass is 244 g/mol. The minimum Gasteiger partial charge on any atom is -0.0724 e. The Hall–Kier alpha value is -2.08. The second kappa shape index (κ2) is 3.96. The number of hydrogen-bond donors (Lipinski definition) is 0. The highest BCUT2D eigenvalue weighted by atomic mass is 14.3. The third-order valence-electron chi connectivity index (χ3n) is 4.23. The molecule has 0 heteroatoms. The summed E-state index contributed by atoms with van der Waals surface area (Å²) in [4.78, 5) is 0. The van der Waals surface area contributed by atoms with Crippen molar-refractivity contribution in [3.05, 3.63) is 76.9 Å². The summed E-state index contributed by atoms with van der Waals surface area (Å²) in [5.41, 5.74) is 5.72. The molecule has 0 nitrogen and oxygen atoms in total. The summed E-state index contributed by atoms with van der Waals surface area (Å²) in [6.45, 7) is 2.22. The van der Waals surface area contributed by atoms with E-state index in [1.807, 2.05) is 0 Å². The third kappa shape index (κ3) is 1.60. The Balaban J connectivity index is 1.91. The lowest BCUT2D eigenvalue weighted by atomic mass is 9.88. The van der Waals surface area contributed by atoms with Gasteiger partial charge in [-0.15, -0.1) is 0 Å². The first-order chi connectivity index (χ1) is 9.35. The molecule has 2 aromatic carbocycles. The van der Waals surface area contributed by atoms with Gasteiger partial charge in [-0.05, 0) is 51.6 Å². The SMILES string of the molecule is CCC1=CC2=Cc3cc4ccccc4cc3C2C=C1. The fourth-order valence-corrected chi connectivity index (χ4v) is 3.17. The highest BCUT2D eigenvalue weighted by Crippen LogP contribution is 2.42. The second-order valence-corrected chi connectivity index (χ2v) is 5.38. The maximum Gasteiger partial charge on any atom is 0.0279 e. The van der Waals surface area contributed by atoms with Crippen molar-refractivity contribution >= 4 is 16.8 Å². The number of benzene rings is 2. The van der Waals surface area contributed by atoms with Gasteiger partial charge < -0.3 is 0 Å². The molecule has 0 spiro atoms. The molecule has 19 heavy (non-hydrogen) atoms. The molecule has 92 valence electrons. The normalized spacial score (nSPS) is 19.9. The summed E-state index contributed by atoms with van der Waals surface area (Å²) in [5, 5.41) is 2.68. The van der Waals surface area contributed by atoms with E-state index in [9.17, 15) is 0 Å². The molecule has 2 aliphatic rings. The Kier molecular flexibility index (Phi) is 2.25. The summed E-state index contributed by atoms with van der Waals surface area (Å²) in [6, 6.07) is 13.3. The van der Waals surface area contributed by atoms with Crippen LogP contribution in [0.3, 0.4) is 0 Å². The molecule has 2 aliphatic carbocycles. The lowest BCUT2D eigenvalue weighted by Gasteiger charge is -2.16. The molecule has 1 atom stereocenters. The van der Waals surface area contributed by atoms with Gasteiger partial charge in [-0.1, -0.05) is 55.5 Å². The molecule has 0 aliphatic heterocycles.